The highest BCUT2D eigenvalue weighted by molar-refractivity contribution is 5.62. The SMILES string of the molecule is CNCCN1CCc2ccc([N+](=O)[O-])cc21. The van der Waals surface area contributed by atoms with Crippen molar-refractivity contribution >= 4 is 11.4 Å². The summed E-state index contributed by atoms with van der Waals surface area (Å²) in [4.78, 5) is 12.6. The van der Waals surface area contributed by atoms with Crippen LogP contribution in [-0.4, -0.2) is 31.6 Å². The van der Waals surface area contributed by atoms with Crippen molar-refractivity contribution in [3.8, 4) is 0 Å². The van der Waals surface area contributed by atoms with Crippen molar-refractivity contribution in [2.45, 2.75) is 6.42 Å². The number of anilines is 1. The van der Waals surface area contributed by atoms with Gasteiger partial charge in [0, 0.05) is 37.5 Å². The summed E-state index contributed by atoms with van der Waals surface area (Å²) < 4.78 is 0. The Morgan fingerprint density at radius 1 is 1.56 bits per heavy atom. The lowest BCUT2D eigenvalue weighted by molar-refractivity contribution is -0.384. The molecule has 0 atom stereocenters. The van der Waals surface area contributed by atoms with E-state index in [-0.39, 0.29) is 10.6 Å². The number of benzene rings is 1. The van der Waals surface area contributed by atoms with Gasteiger partial charge in [0.15, 0.2) is 0 Å². The summed E-state index contributed by atoms with van der Waals surface area (Å²) in [6.07, 6.45) is 0.983. The molecule has 86 valence electrons. The minimum absolute atomic E-state index is 0.176. The van der Waals surface area contributed by atoms with Gasteiger partial charge in [0.25, 0.3) is 5.69 Å². The second kappa shape index (κ2) is 4.49. The van der Waals surface area contributed by atoms with Crippen LogP contribution in [0.1, 0.15) is 5.56 Å². The summed E-state index contributed by atoms with van der Waals surface area (Å²) in [5, 5.41) is 13.8. The monoisotopic (exact) mass is 221 g/mol. The fourth-order valence-electron chi connectivity index (χ4n) is 2.03. The largest absolute Gasteiger partial charge is 0.369 e. The number of nitrogens with zero attached hydrogens (tertiary/aromatic N) is 2. The zero-order chi connectivity index (χ0) is 11.5. The Labute approximate surface area is 94.2 Å². The van der Waals surface area contributed by atoms with Gasteiger partial charge in [-0.2, -0.15) is 0 Å². The minimum atomic E-state index is -0.338. The number of nitro benzene ring substituents is 1. The van der Waals surface area contributed by atoms with E-state index in [1.54, 1.807) is 12.1 Å². The van der Waals surface area contributed by atoms with Crippen LogP contribution in [0.25, 0.3) is 0 Å². The number of hydrogen-bond donors (Lipinski definition) is 1. The molecule has 0 bridgehead atoms. The number of nitro groups is 1. The maximum absolute atomic E-state index is 10.7. The van der Waals surface area contributed by atoms with Crippen LogP contribution in [0.2, 0.25) is 0 Å². The molecule has 5 heteroatoms. The molecule has 1 aromatic carbocycles. The van der Waals surface area contributed by atoms with Gasteiger partial charge in [-0.3, -0.25) is 10.1 Å². The lowest BCUT2D eigenvalue weighted by atomic mass is 10.1. The zero-order valence-corrected chi connectivity index (χ0v) is 9.27. The third-order valence-corrected chi connectivity index (χ3v) is 2.90. The van der Waals surface area contributed by atoms with Crippen molar-refractivity contribution in [1.29, 1.82) is 0 Å². The van der Waals surface area contributed by atoms with Gasteiger partial charge >= 0.3 is 0 Å². The van der Waals surface area contributed by atoms with Crippen LogP contribution in [-0.2, 0) is 6.42 Å². The Balaban J connectivity index is 2.22. The number of fused-ring (bicyclic) bond motifs is 1. The Hall–Kier alpha value is -1.62. The quantitative estimate of drug-likeness (QED) is 0.612. The summed E-state index contributed by atoms with van der Waals surface area (Å²) in [6.45, 7) is 2.74. The molecule has 16 heavy (non-hydrogen) atoms. The van der Waals surface area contributed by atoms with Crippen molar-refractivity contribution in [3.05, 3.63) is 33.9 Å². The molecule has 1 aliphatic rings. The number of hydrogen-bond acceptors (Lipinski definition) is 4. The van der Waals surface area contributed by atoms with E-state index in [2.05, 4.69) is 10.2 Å². The molecule has 0 unspecified atom stereocenters. The van der Waals surface area contributed by atoms with Gasteiger partial charge in [-0.1, -0.05) is 6.07 Å². The van der Waals surface area contributed by atoms with Gasteiger partial charge in [-0.05, 0) is 19.0 Å². The van der Waals surface area contributed by atoms with Crippen LogP contribution < -0.4 is 10.2 Å². The summed E-state index contributed by atoms with van der Waals surface area (Å²) >= 11 is 0. The van der Waals surface area contributed by atoms with Crippen molar-refractivity contribution in [2.75, 3.05) is 31.6 Å². The number of nitrogens with one attached hydrogen (secondary N) is 1. The highest BCUT2D eigenvalue weighted by Crippen LogP contribution is 2.31. The van der Waals surface area contributed by atoms with Crippen molar-refractivity contribution < 1.29 is 4.92 Å². The van der Waals surface area contributed by atoms with Gasteiger partial charge in [0.05, 0.1) is 4.92 Å². The van der Waals surface area contributed by atoms with Crippen LogP contribution in [0.4, 0.5) is 11.4 Å². The fourth-order valence-corrected chi connectivity index (χ4v) is 2.03. The second-order valence-electron chi connectivity index (χ2n) is 3.91. The van der Waals surface area contributed by atoms with Gasteiger partial charge < -0.3 is 10.2 Å². The molecule has 5 nitrogen and oxygen atoms in total. The van der Waals surface area contributed by atoms with E-state index < -0.39 is 0 Å². The molecular formula is C11H15N3O2. The maximum atomic E-state index is 10.7. The van der Waals surface area contributed by atoms with E-state index in [1.807, 2.05) is 13.1 Å². The smallest absolute Gasteiger partial charge is 0.271 e. The molecule has 0 saturated carbocycles. The zero-order valence-electron chi connectivity index (χ0n) is 9.27. The first-order valence-electron chi connectivity index (χ1n) is 5.39. The second-order valence-corrected chi connectivity index (χ2v) is 3.91. The normalized spacial score (nSPS) is 13.9. The molecule has 0 spiro atoms. The van der Waals surface area contributed by atoms with Gasteiger partial charge in [-0.15, -0.1) is 0 Å². The Bertz CT molecular complexity index is 406. The lowest BCUT2D eigenvalue weighted by Crippen LogP contribution is -2.29. The van der Waals surface area contributed by atoms with E-state index in [4.69, 9.17) is 0 Å². The predicted molar refractivity (Wildman–Crippen MR) is 62.9 cm³/mol. The molecule has 0 radical (unpaired) electrons. The Morgan fingerprint density at radius 3 is 3.06 bits per heavy atom. The van der Waals surface area contributed by atoms with E-state index in [0.29, 0.717) is 0 Å². The van der Waals surface area contributed by atoms with Crippen molar-refractivity contribution in [3.63, 3.8) is 0 Å². The molecule has 1 aliphatic heterocycles. The van der Waals surface area contributed by atoms with E-state index >= 15 is 0 Å². The molecule has 0 aromatic heterocycles. The fraction of sp³-hybridized carbons (Fsp3) is 0.455. The van der Waals surface area contributed by atoms with Crippen LogP contribution in [0, 0.1) is 10.1 Å². The summed E-state index contributed by atoms with van der Waals surface area (Å²) in [7, 11) is 1.91. The number of rotatable bonds is 4. The topological polar surface area (TPSA) is 58.4 Å². The molecule has 0 fully saturated rings. The molecule has 0 aliphatic carbocycles. The van der Waals surface area contributed by atoms with Crippen LogP contribution in [0.15, 0.2) is 18.2 Å². The van der Waals surface area contributed by atoms with E-state index in [1.165, 1.54) is 5.56 Å². The minimum Gasteiger partial charge on any atom is -0.369 e. The molecule has 2 rings (SSSR count). The average Bonchev–Trinajstić information content (AvgIpc) is 2.68. The predicted octanol–water partition coefficient (Wildman–Crippen LogP) is 1.18. The molecule has 0 saturated heterocycles. The van der Waals surface area contributed by atoms with E-state index in [0.717, 1.165) is 31.7 Å². The molecular weight excluding hydrogens is 206 g/mol. The first-order chi connectivity index (χ1) is 7.72. The first-order valence-corrected chi connectivity index (χ1v) is 5.39. The van der Waals surface area contributed by atoms with Gasteiger partial charge in [0.2, 0.25) is 0 Å². The highest BCUT2D eigenvalue weighted by Gasteiger charge is 2.21. The standard InChI is InChI=1S/C11H15N3O2/c1-12-5-7-13-6-4-9-2-3-10(14(15)16)8-11(9)13/h2-3,8,12H,4-7H2,1H3. The van der Waals surface area contributed by atoms with Crippen molar-refractivity contribution in [2.24, 2.45) is 0 Å². The number of likely N-dealkylation sites (N-methyl/N-ethyl adjacent to an activating group) is 1. The third kappa shape index (κ3) is 1.99. The van der Waals surface area contributed by atoms with Crippen LogP contribution in [0.5, 0.6) is 0 Å². The van der Waals surface area contributed by atoms with E-state index in [9.17, 15) is 10.1 Å². The van der Waals surface area contributed by atoms with Crippen molar-refractivity contribution in [1.82, 2.24) is 5.32 Å². The summed E-state index contributed by atoms with van der Waals surface area (Å²) in [5.41, 5.74) is 2.40. The first kappa shape index (κ1) is 10.9. The van der Waals surface area contributed by atoms with Crippen LogP contribution >= 0.6 is 0 Å². The van der Waals surface area contributed by atoms with Gasteiger partial charge in [-0.25, -0.2) is 0 Å². The maximum Gasteiger partial charge on any atom is 0.271 e. The lowest BCUT2D eigenvalue weighted by Gasteiger charge is -2.18. The molecule has 0 amide bonds. The summed E-state index contributed by atoms with van der Waals surface area (Å²) in [6, 6.07) is 5.13. The number of non-ortho nitro benzene ring substituents is 1. The molecule has 1 aromatic rings. The average molecular weight is 221 g/mol. The highest BCUT2D eigenvalue weighted by atomic mass is 16.6. The molecule has 1 heterocycles. The van der Waals surface area contributed by atoms with Gasteiger partial charge in [0.1, 0.15) is 0 Å². The Kier molecular flexibility index (Phi) is 3.05. The molecule has 1 N–H and O–H groups in total. The summed E-state index contributed by atoms with van der Waals surface area (Å²) in [5.74, 6) is 0. The van der Waals surface area contributed by atoms with Crippen LogP contribution in [0.3, 0.4) is 0 Å². The third-order valence-electron chi connectivity index (χ3n) is 2.90. The Morgan fingerprint density at radius 2 is 2.38 bits per heavy atom.